The Hall–Kier alpha value is -0.870. The van der Waals surface area contributed by atoms with Gasteiger partial charge in [0, 0.05) is 19.5 Å². The van der Waals surface area contributed by atoms with Crippen molar-refractivity contribution in [2.75, 3.05) is 19.6 Å². The standard InChI is InChI=1S/C20H32N2OS/c23-20(7-6-17-4-2-1-3-5-17)21-14-18-8-11-22(12-9-18)15-19-10-13-24-16-19/h10,13,16-18H,1-9,11-12,14-15H2,(H,21,23). The molecule has 0 radical (unpaired) electrons. The van der Waals surface area contributed by atoms with E-state index in [1.54, 1.807) is 11.3 Å². The molecule has 1 N–H and O–H groups in total. The van der Waals surface area contributed by atoms with Crippen molar-refractivity contribution in [3.05, 3.63) is 22.4 Å². The molecule has 3 rings (SSSR count). The Balaban J connectivity index is 1.26. The minimum Gasteiger partial charge on any atom is -0.356 e. The van der Waals surface area contributed by atoms with Crippen LogP contribution in [0.1, 0.15) is 63.4 Å². The number of likely N-dealkylation sites (tertiary alicyclic amines) is 1. The highest BCUT2D eigenvalue weighted by Crippen LogP contribution is 2.27. The van der Waals surface area contributed by atoms with E-state index in [0.29, 0.717) is 5.92 Å². The molecule has 0 spiro atoms. The molecule has 1 aromatic rings. The minimum absolute atomic E-state index is 0.279. The van der Waals surface area contributed by atoms with E-state index in [2.05, 4.69) is 27.0 Å². The van der Waals surface area contributed by atoms with Crippen LogP contribution in [0.25, 0.3) is 0 Å². The first-order valence-corrected chi connectivity index (χ1v) is 10.7. The summed E-state index contributed by atoms with van der Waals surface area (Å²) in [5.41, 5.74) is 1.44. The van der Waals surface area contributed by atoms with Crippen molar-refractivity contribution in [2.24, 2.45) is 11.8 Å². The fourth-order valence-electron chi connectivity index (χ4n) is 4.15. The lowest BCUT2D eigenvalue weighted by molar-refractivity contribution is -0.121. The summed E-state index contributed by atoms with van der Waals surface area (Å²) >= 11 is 1.78. The van der Waals surface area contributed by atoms with Gasteiger partial charge in [0.15, 0.2) is 0 Å². The fraction of sp³-hybridized carbons (Fsp3) is 0.750. The first-order valence-electron chi connectivity index (χ1n) is 9.80. The average Bonchev–Trinajstić information content (AvgIpc) is 3.13. The van der Waals surface area contributed by atoms with E-state index in [-0.39, 0.29) is 5.91 Å². The highest BCUT2D eigenvalue weighted by atomic mass is 32.1. The van der Waals surface area contributed by atoms with Crippen LogP contribution in [0.2, 0.25) is 0 Å². The van der Waals surface area contributed by atoms with Gasteiger partial charge >= 0.3 is 0 Å². The van der Waals surface area contributed by atoms with Crippen LogP contribution in [0.4, 0.5) is 0 Å². The quantitative estimate of drug-likeness (QED) is 0.790. The maximum atomic E-state index is 12.1. The van der Waals surface area contributed by atoms with Crippen molar-refractivity contribution < 1.29 is 4.79 Å². The predicted octanol–water partition coefficient (Wildman–Crippen LogP) is 4.44. The smallest absolute Gasteiger partial charge is 0.220 e. The molecule has 1 amide bonds. The van der Waals surface area contributed by atoms with E-state index >= 15 is 0 Å². The lowest BCUT2D eigenvalue weighted by atomic mass is 9.86. The monoisotopic (exact) mass is 348 g/mol. The molecule has 4 heteroatoms. The molecular weight excluding hydrogens is 316 g/mol. The molecule has 1 aliphatic heterocycles. The summed E-state index contributed by atoms with van der Waals surface area (Å²) in [6.07, 6.45) is 11.1. The SMILES string of the molecule is O=C(CCC1CCCCC1)NCC1CCN(Cc2ccsc2)CC1. The number of piperidine rings is 1. The summed E-state index contributed by atoms with van der Waals surface area (Å²) in [6.45, 7) is 4.30. The Labute approximate surface area is 150 Å². The maximum absolute atomic E-state index is 12.1. The van der Waals surface area contributed by atoms with E-state index in [4.69, 9.17) is 0 Å². The molecule has 3 nitrogen and oxygen atoms in total. The summed E-state index contributed by atoms with van der Waals surface area (Å²) in [5, 5.41) is 7.60. The Kier molecular flexibility index (Phi) is 7.15. The maximum Gasteiger partial charge on any atom is 0.220 e. The molecule has 1 saturated heterocycles. The molecule has 134 valence electrons. The summed E-state index contributed by atoms with van der Waals surface area (Å²) in [7, 11) is 0. The zero-order chi connectivity index (χ0) is 16.6. The van der Waals surface area contributed by atoms with Crippen LogP contribution in [-0.4, -0.2) is 30.4 Å². The molecular formula is C20H32N2OS. The van der Waals surface area contributed by atoms with Gasteiger partial charge in [0.1, 0.15) is 0 Å². The molecule has 2 aliphatic rings. The van der Waals surface area contributed by atoms with Crippen LogP contribution in [-0.2, 0) is 11.3 Å². The van der Waals surface area contributed by atoms with Gasteiger partial charge in [0.2, 0.25) is 5.91 Å². The number of nitrogens with zero attached hydrogens (tertiary/aromatic N) is 1. The van der Waals surface area contributed by atoms with Gasteiger partial charge in [-0.1, -0.05) is 32.1 Å². The molecule has 2 heterocycles. The Morgan fingerprint density at radius 3 is 2.62 bits per heavy atom. The van der Waals surface area contributed by atoms with Gasteiger partial charge in [-0.25, -0.2) is 0 Å². The van der Waals surface area contributed by atoms with Crippen LogP contribution in [0.5, 0.6) is 0 Å². The topological polar surface area (TPSA) is 32.3 Å². The molecule has 1 aliphatic carbocycles. The first kappa shape index (κ1) is 17.9. The van der Waals surface area contributed by atoms with Crippen molar-refractivity contribution >= 4 is 17.2 Å². The lowest BCUT2D eigenvalue weighted by Gasteiger charge is -2.31. The zero-order valence-electron chi connectivity index (χ0n) is 14.8. The van der Waals surface area contributed by atoms with E-state index in [1.165, 1.54) is 63.6 Å². The summed E-state index contributed by atoms with van der Waals surface area (Å²) in [6, 6.07) is 2.23. The number of carbonyl (C=O) groups excluding carboxylic acids is 1. The Morgan fingerprint density at radius 2 is 1.92 bits per heavy atom. The highest BCUT2D eigenvalue weighted by Gasteiger charge is 2.20. The molecule has 2 fully saturated rings. The van der Waals surface area contributed by atoms with Crippen LogP contribution in [0, 0.1) is 11.8 Å². The largest absolute Gasteiger partial charge is 0.356 e. The summed E-state index contributed by atoms with van der Waals surface area (Å²) in [4.78, 5) is 14.6. The third-order valence-corrected chi connectivity index (χ3v) is 6.52. The molecule has 0 bridgehead atoms. The normalized spacial score (nSPS) is 21.0. The second-order valence-corrected chi connectivity index (χ2v) is 8.48. The van der Waals surface area contributed by atoms with Gasteiger partial charge in [0.05, 0.1) is 0 Å². The number of hydrogen-bond acceptors (Lipinski definition) is 3. The average molecular weight is 349 g/mol. The summed E-state index contributed by atoms with van der Waals surface area (Å²) in [5.74, 6) is 1.76. The van der Waals surface area contributed by atoms with E-state index in [1.807, 2.05) is 0 Å². The number of carbonyl (C=O) groups is 1. The van der Waals surface area contributed by atoms with Crippen molar-refractivity contribution in [3.63, 3.8) is 0 Å². The third-order valence-electron chi connectivity index (χ3n) is 5.79. The van der Waals surface area contributed by atoms with E-state index in [9.17, 15) is 4.79 Å². The van der Waals surface area contributed by atoms with Gasteiger partial charge in [-0.05, 0) is 66.6 Å². The van der Waals surface area contributed by atoms with E-state index < -0.39 is 0 Å². The van der Waals surface area contributed by atoms with Crippen LogP contribution in [0.3, 0.4) is 0 Å². The molecule has 0 unspecified atom stereocenters. The number of amides is 1. The second-order valence-electron chi connectivity index (χ2n) is 7.70. The van der Waals surface area contributed by atoms with Gasteiger partial charge in [-0.3, -0.25) is 9.69 Å². The summed E-state index contributed by atoms with van der Waals surface area (Å²) < 4.78 is 0. The van der Waals surface area contributed by atoms with Gasteiger partial charge in [0.25, 0.3) is 0 Å². The van der Waals surface area contributed by atoms with Crippen molar-refractivity contribution in [2.45, 2.75) is 64.3 Å². The van der Waals surface area contributed by atoms with Crippen LogP contribution in [0.15, 0.2) is 16.8 Å². The molecule has 0 atom stereocenters. The third kappa shape index (κ3) is 5.89. The molecule has 24 heavy (non-hydrogen) atoms. The van der Waals surface area contributed by atoms with Crippen molar-refractivity contribution in [3.8, 4) is 0 Å². The second kappa shape index (κ2) is 9.57. The highest BCUT2D eigenvalue weighted by molar-refractivity contribution is 7.07. The molecule has 1 aromatic heterocycles. The molecule has 1 saturated carbocycles. The van der Waals surface area contributed by atoms with Crippen molar-refractivity contribution in [1.82, 2.24) is 10.2 Å². The van der Waals surface area contributed by atoms with Crippen LogP contribution >= 0.6 is 11.3 Å². The van der Waals surface area contributed by atoms with Gasteiger partial charge in [-0.2, -0.15) is 11.3 Å². The number of thiophene rings is 1. The number of rotatable bonds is 7. The Bertz CT molecular complexity index is 474. The van der Waals surface area contributed by atoms with Gasteiger partial charge < -0.3 is 5.32 Å². The van der Waals surface area contributed by atoms with Gasteiger partial charge in [-0.15, -0.1) is 0 Å². The first-order chi connectivity index (χ1) is 11.8. The lowest BCUT2D eigenvalue weighted by Crippen LogP contribution is -2.38. The van der Waals surface area contributed by atoms with Crippen LogP contribution < -0.4 is 5.32 Å². The molecule has 0 aromatic carbocycles. The minimum atomic E-state index is 0.279. The van der Waals surface area contributed by atoms with E-state index in [0.717, 1.165) is 31.8 Å². The zero-order valence-corrected chi connectivity index (χ0v) is 15.7. The Morgan fingerprint density at radius 1 is 1.12 bits per heavy atom. The fourth-order valence-corrected chi connectivity index (χ4v) is 4.81. The predicted molar refractivity (Wildman–Crippen MR) is 101 cm³/mol. The number of hydrogen-bond donors (Lipinski definition) is 1. The van der Waals surface area contributed by atoms with Crippen molar-refractivity contribution in [1.29, 1.82) is 0 Å². The number of nitrogens with one attached hydrogen (secondary N) is 1.